The highest BCUT2D eigenvalue weighted by atomic mass is 19.1. The van der Waals surface area contributed by atoms with Crippen LogP contribution in [0.2, 0.25) is 0 Å². The van der Waals surface area contributed by atoms with Gasteiger partial charge in [0.1, 0.15) is 5.82 Å². The fraction of sp³-hybridized carbons (Fsp3) is 0.562. The van der Waals surface area contributed by atoms with E-state index in [4.69, 9.17) is 5.11 Å². The lowest BCUT2D eigenvalue weighted by molar-refractivity contribution is -0.137. The predicted molar refractivity (Wildman–Crippen MR) is 78.1 cm³/mol. The molecule has 0 spiro atoms. The Bertz CT molecular complexity index is 434. The lowest BCUT2D eigenvalue weighted by Crippen LogP contribution is -2.35. The molecule has 0 bridgehead atoms. The van der Waals surface area contributed by atoms with E-state index in [9.17, 15) is 9.18 Å². The summed E-state index contributed by atoms with van der Waals surface area (Å²) in [7, 11) is 0. The molecule has 20 heavy (non-hydrogen) atoms. The second-order valence-corrected chi connectivity index (χ2v) is 5.31. The van der Waals surface area contributed by atoms with Gasteiger partial charge < -0.3 is 5.11 Å². The van der Waals surface area contributed by atoms with Gasteiger partial charge in [0, 0.05) is 18.5 Å². The van der Waals surface area contributed by atoms with Gasteiger partial charge in [-0.05, 0) is 50.9 Å². The second-order valence-electron chi connectivity index (χ2n) is 5.31. The van der Waals surface area contributed by atoms with Crippen molar-refractivity contribution in [3.63, 3.8) is 0 Å². The molecule has 0 amide bonds. The molecule has 112 valence electrons. The highest BCUT2D eigenvalue weighted by Crippen LogP contribution is 2.27. The molecule has 0 radical (unpaired) electrons. The van der Waals surface area contributed by atoms with Crippen molar-refractivity contribution >= 4 is 5.97 Å². The third-order valence-electron chi connectivity index (χ3n) is 3.49. The maximum atomic E-state index is 13.4. The number of carboxylic acid groups (broad SMARTS) is 1. The number of carbonyl (C=O) groups is 1. The van der Waals surface area contributed by atoms with Crippen LogP contribution in [0.4, 0.5) is 4.39 Å². The third-order valence-corrected chi connectivity index (χ3v) is 3.49. The summed E-state index contributed by atoms with van der Waals surface area (Å²) in [5.41, 5.74) is 0.955. The van der Waals surface area contributed by atoms with Crippen LogP contribution in [-0.4, -0.2) is 28.6 Å². The zero-order valence-electron chi connectivity index (χ0n) is 12.5. The van der Waals surface area contributed by atoms with Crippen LogP contribution in [0.5, 0.6) is 0 Å². The first kappa shape index (κ1) is 16.6. The van der Waals surface area contributed by atoms with E-state index in [0.29, 0.717) is 13.0 Å². The van der Waals surface area contributed by atoms with Crippen molar-refractivity contribution in [1.82, 2.24) is 4.90 Å². The molecule has 0 aliphatic rings. The standard InChI is InChI=1S/C16H24FNO2/c1-4-15(13-7-5-8-14(17)11-13)18(12(2)3)10-6-9-16(19)20/h5,7-8,11-12,15H,4,6,9-10H2,1-3H3,(H,19,20). The minimum absolute atomic E-state index is 0.125. The summed E-state index contributed by atoms with van der Waals surface area (Å²) < 4.78 is 13.4. The molecular weight excluding hydrogens is 257 g/mol. The lowest BCUT2D eigenvalue weighted by atomic mass is 10.0. The van der Waals surface area contributed by atoms with Gasteiger partial charge in [-0.15, -0.1) is 0 Å². The third kappa shape index (κ3) is 4.93. The summed E-state index contributed by atoms with van der Waals surface area (Å²) in [6.07, 6.45) is 1.65. The highest BCUT2D eigenvalue weighted by molar-refractivity contribution is 5.66. The van der Waals surface area contributed by atoms with Gasteiger partial charge in [-0.1, -0.05) is 19.1 Å². The Kier molecular flexibility index (Phi) is 6.65. The Hall–Kier alpha value is -1.42. The Labute approximate surface area is 120 Å². The monoisotopic (exact) mass is 281 g/mol. The van der Waals surface area contributed by atoms with Gasteiger partial charge in [-0.2, -0.15) is 0 Å². The van der Waals surface area contributed by atoms with E-state index in [1.54, 1.807) is 12.1 Å². The SMILES string of the molecule is CCC(c1cccc(F)c1)N(CCCC(=O)O)C(C)C. The molecule has 3 nitrogen and oxygen atoms in total. The Balaban J connectivity index is 2.83. The number of nitrogens with zero attached hydrogens (tertiary/aromatic N) is 1. The van der Waals surface area contributed by atoms with Crippen molar-refractivity contribution in [3.05, 3.63) is 35.6 Å². The Morgan fingerprint density at radius 2 is 2.10 bits per heavy atom. The Morgan fingerprint density at radius 3 is 2.60 bits per heavy atom. The van der Waals surface area contributed by atoms with Crippen LogP contribution in [0.25, 0.3) is 0 Å². The van der Waals surface area contributed by atoms with Crippen LogP contribution in [-0.2, 0) is 4.79 Å². The van der Waals surface area contributed by atoms with Gasteiger partial charge in [-0.3, -0.25) is 9.69 Å². The largest absolute Gasteiger partial charge is 0.481 e. The number of carboxylic acids is 1. The van der Waals surface area contributed by atoms with Gasteiger partial charge in [0.2, 0.25) is 0 Å². The Morgan fingerprint density at radius 1 is 1.40 bits per heavy atom. The van der Waals surface area contributed by atoms with Crippen molar-refractivity contribution in [1.29, 1.82) is 0 Å². The van der Waals surface area contributed by atoms with Crippen molar-refractivity contribution < 1.29 is 14.3 Å². The van der Waals surface area contributed by atoms with E-state index in [1.165, 1.54) is 6.07 Å². The zero-order valence-corrected chi connectivity index (χ0v) is 12.5. The quantitative estimate of drug-likeness (QED) is 0.786. The van der Waals surface area contributed by atoms with Crippen molar-refractivity contribution in [2.75, 3.05) is 6.54 Å². The molecule has 1 N–H and O–H groups in total. The first-order valence-electron chi connectivity index (χ1n) is 7.18. The molecular formula is C16H24FNO2. The molecule has 4 heteroatoms. The predicted octanol–water partition coefficient (Wildman–Crippen LogP) is 3.85. The smallest absolute Gasteiger partial charge is 0.303 e. The first-order valence-corrected chi connectivity index (χ1v) is 7.18. The highest BCUT2D eigenvalue weighted by Gasteiger charge is 2.21. The molecule has 0 heterocycles. The van der Waals surface area contributed by atoms with Gasteiger partial charge in [-0.25, -0.2) is 4.39 Å². The first-order chi connectivity index (χ1) is 9.45. The van der Waals surface area contributed by atoms with Crippen molar-refractivity contribution in [2.24, 2.45) is 0 Å². The normalized spacial score (nSPS) is 12.9. The van der Waals surface area contributed by atoms with Crippen molar-refractivity contribution in [3.8, 4) is 0 Å². The van der Waals surface area contributed by atoms with E-state index in [0.717, 1.165) is 12.0 Å². The minimum atomic E-state index is -0.771. The summed E-state index contributed by atoms with van der Waals surface area (Å²) in [6, 6.07) is 7.09. The number of halogens is 1. The number of hydrogen-bond acceptors (Lipinski definition) is 2. The molecule has 1 atom stereocenters. The average Bonchev–Trinajstić information content (AvgIpc) is 2.37. The summed E-state index contributed by atoms with van der Waals surface area (Å²) in [5.74, 6) is -0.997. The molecule has 0 saturated carbocycles. The van der Waals surface area contributed by atoms with Crippen LogP contribution in [0.15, 0.2) is 24.3 Å². The van der Waals surface area contributed by atoms with E-state index in [-0.39, 0.29) is 24.3 Å². The van der Waals surface area contributed by atoms with Crippen LogP contribution in [0, 0.1) is 5.82 Å². The van der Waals surface area contributed by atoms with Crippen LogP contribution >= 0.6 is 0 Å². The van der Waals surface area contributed by atoms with Crippen LogP contribution in [0.3, 0.4) is 0 Å². The fourth-order valence-corrected chi connectivity index (χ4v) is 2.56. The molecule has 1 aromatic rings. The van der Waals surface area contributed by atoms with Gasteiger partial charge in [0.05, 0.1) is 0 Å². The minimum Gasteiger partial charge on any atom is -0.481 e. The zero-order chi connectivity index (χ0) is 15.1. The molecule has 0 aliphatic carbocycles. The second kappa shape index (κ2) is 8.00. The van der Waals surface area contributed by atoms with E-state index < -0.39 is 5.97 Å². The number of hydrogen-bond donors (Lipinski definition) is 1. The van der Waals surface area contributed by atoms with E-state index in [2.05, 4.69) is 25.7 Å². The summed E-state index contributed by atoms with van der Waals surface area (Å²) in [4.78, 5) is 12.9. The van der Waals surface area contributed by atoms with Crippen molar-refractivity contribution in [2.45, 2.75) is 52.1 Å². The van der Waals surface area contributed by atoms with Crippen LogP contribution < -0.4 is 0 Å². The summed E-state index contributed by atoms with van der Waals surface area (Å²) in [5, 5.41) is 8.75. The molecule has 0 saturated heterocycles. The lowest BCUT2D eigenvalue weighted by Gasteiger charge is -2.35. The molecule has 1 rings (SSSR count). The molecule has 0 aromatic heterocycles. The number of rotatable bonds is 8. The maximum absolute atomic E-state index is 13.4. The summed E-state index contributed by atoms with van der Waals surface area (Å²) in [6.45, 7) is 6.95. The molecule has 0 aliphatic heterocycles. The fourth-order valence-electron chi connectivity index (χ4n) is 2.56. The molecule has 0 fully saturated rings. The molecule has 1 unspecified atom stereocenters. The van der Waals surface area contributed by atoms with E-state index in [1.807, 2.05) is 6.07 Å². The van der Waals surface area contributed by atoms with Gasteiger partial charge in [0.15, 0.2) is 0 Å². The van der Waals surface area contributed by atoms with Gasteiger partial charge >= 0.3 is 5.97 Å². The van der Waals surface area contributed by atoms with Crippen LogP contribution in [0.1, 0.15) is 51.6 Å². The maximum Gasteiger partial charge on any atom is 0.303 e. The summed E-state index contributed by atoms with van der Waals surface area (Å²) >= 11 is 0. The number of benzene rings is 1. The average molecular weight is 281 g/mol. The van der Waals surface area contributed by atoms with Gasteiger partial charge in [0.25, 0.3) is 0 Å². The molecule has 1 aromatic carbocycles. The van der Waals surface area contributed by atoms with E-state index >= 15 is 0 Å². The topological polar surface area (TPSA) is 40.5 Å². The number of aliphatic carboxylic acids is 1.